The van der Waals surface area contributed by atoms with Crippen LogP contribution in [0.3, 0.4) is 0 Å². The van der Waals surface area contributed by atoms with E-state index in [0.29, 0.717) is 0 Å². The van der Waals surface area contributed by atoms with Gasteiger partial charge < -0.3 is 10.1 Å². The fourth-order valence-corrected chi connectivity index (χ4v) is 1.99. The van der Waals surface area contributed by atoms with Gasteiger partial charge >= 0.3 is 6.09 Å². The van der Waals surface area contributed by atoms with Crippen LogP contribution in [0.25, 0.3) is 10.4 Å². The first-order chi connectivity index (χ1) is 8.42. The number of alkyl carbamates (subject to hydrolysis) is 1. The first kappa shape index (κ1) is 14.3. The molecule has 1 atom stereocenters. The summed E-state index contributed by atoms with van der Waals surface area (Å²) >= 11 is 1.51. The first-order valence-corrected chi connectivity index (χ1v) is 6.39. The van der Waals surface area contributed by atoms with Crippen LogP contribution >= 0.6 is 11.3 Å². The highest BCUT2D eigenvalue weighted by Gasteiger charge is 2.20. The summed E-state index contributed by atoms with van der Waals surface area (Å²) < 4.78 is 5.16. The van der Waals surface area contributed by atoms with Gasteiger partial charge in [0, 0.05) is 4.91 Å². The lowest BCUT2D eigenvalue weighted by Crippen LogP contribution is -2.35. The van der Waals surface area contributed by atoms with E-state index in [2.05, 4.69) is 15.3 Å². The van der Waals surface area contributed by atoms with Crippen LogP contribution in [0, 0.1) is 0 Å². The summed E-state index contributed by atoms with van der Waals surface area (Å²) in [6.07, 6.45) is -0.521. The normalized spacial score (nSPS) is 12.4. The predicted molar refractivity (Wildman–Crippen MR) is 70.4 cm³/mol. The largest absolute Gasteiger partial charge is 0.444 e. The number of ether oxygens (including phenoxy) is 1. The molecule has 0 aliphatic rings. The summed E-state index contributed by atoms with van der Waals surface area (Å²) in [5, 5.41) is 9.98. The quantitative estimate of drug-likeness (QED) is 0.513. The van der Waals surface area contributed by atoms with Crippen molar-refractivity contribution in [2.24, 2.45) is 5.11 Å². The van der Waals surface area contributed by atoms with Crippen LogP contribution in [-0.2, 0) is 4.74 Å². The number of amides is 1. The third-order valence-corrected chi connectivity index (χ3v) is 2.67. The molecule has 6 nitrogen and oxygen atoms in total. The Balaban J connectivity index is 2.67. The molecule has 0 aliphatic carbocycles. The number of hydrogen-bond donors (Lipinski definition) is 1. The number of hydrogen-bond acceptors (Lipinski definition) is 4. The Morgan fingerprint density at radius 3 is 2.89 bits per heavy atom. The third-order valence-electron chi connectivity index (χ3n) is 1.96. The first-order valence-electron chi connectivity index (χ1n) is 5.45. The molecule has 1 amide bonds. The summed E-state index contributed by atoms with van der Waals surface area (Å²) in [5.74, 6) is 0. The van der Waals surface area contributed by atoms with E-state index >= 15 is 0 Å². The molecular weight excluding hydrogens is 252 g/mol. The van der Waals surface area contributed by atoms with Crippen LogP contribution in [0.5, 0.6) is 0 Å². The predicted octanol–water partition coefficient (Wildman–Crippen LogP) is 3.62. The van der Waals surface area contributed by atoms with Crippen molar-refractivity contribution in [1.82, 2.24) is 5.32 Å². The van der Waals surface area contributed by atoms with Crippen molar-refractivity contribution in [2.45, 2.75) is 32.4 Å². The minimum absolute atomic E-state index is 0.159. The summed E-state index contributed by atoms with van der Waals surface area (Å²) in [7, 11) is 0. The molecule has 0 aliphatic heterocycles. The Morgan fingerprint density at radius 2 is 2.39 bits per heavy atom. The van der Waals surface area contributed by atoms with Gasteiger partial charge in [0.05, 0.1) is 12.6 Å². The van der Waals surface area contributed by atoms with Crippen molar-refractivity contribution in [3.05, 3.63) is 32.8 Å². The lowest BCUT2D eigenvalue weighted by Gasteiger charge is -2.22. The number of azide groups is 1. The Kier molecular flexibility index (Phi) is 5.00. The zero-order valence-electron chi connectivity index (χ0n) is 10.6. The third kappa shape index (κ3) is 5.07. The van der Waals surface area contributed by atoms with E-state index in [1.54, 1.807) is 20.8 Å². The van der Waals surface area contributed by atoms with Crippen LogP contribution in [0.1, 0.15) is 32.4 Å². The molecule has 1 N–H and O–H groups in total. The molecule has 0 saturated heterocycles. The van der Waals surface area contributed by atoms with Gasteiger partial charge in [-0.3, -0.25) is 0 Å². The Bertz CT molecular complexity index is 432. The van der Waals surface area contributed by atoms with Gasteiger partial charge in [0.15, 0.2) is 0 Å². The number of carbonyl (C=O) groups is 1. The molecule has 0 bridgehead atoms. The number of nitrogens with one attached hydrogen (secondary N) is 1. The minimum Gasteiger partial charge on any atom is -0.444 e. The number of nitrogens with zero attached hydrogens (tertiary/aromatic N) is 3. The molecule has 1 unspecified atom stereocenters. The second-order valence-electron chi connectivity index (χ2n) is 4.67. The van der Waals surface area contributed by atoms with Crippen LogP contribution in [0.15, 0.2) is 21.9 Å². The molecule has 1 heterocycles. The Hall–Kier alpha value is -1.72. The summed E-state index contributed by atoms with van der Waals surface area (Å²) in [6, 6.07) is 1.52. The van der Waals surface area contributed by atoms with E-state index in [1.165, 1.54) is 11.3 Å². The fraction of sp³-hybridized carbons (Fsp3) is 0.545. The maximum Gasteiger partial charge on any atom is 0.408 e. The number of rotatable bonds is 4. The van der Waals surface area contributed by atoms with Crippen molar-refractivity contribution in [3.63, 3.8) is 0 Å². The van der Waals surface area contributed by atoms with E-state index in [1.807, 2.05) is 16.8 Å². The van der Waals surface area contributed by atoms with Crippen molar-refractivity contribution in [2.75, 3.05) is 6.54 Å². The molecule has 0 saturated carbocycles. The topological polar surface area (TPSA) is 87.1 Å². The molecule has 1 aromatic rings. The molecule has 7 heteroatoms. The lowest BCUT2D eigenvalue weighted by molar-refractivity contribution is 0.0505. The monoisotopic (exact) mass is 268 g/mol. The molecular formula is C11H16N4O2S. The zero-order chi connectivity index (χ0) is 13.6. The Labute approximate surface area is 110 Å². The molecule has 18 heavy (non-hydrogen) atoms. The van der Waals surface area contributed by atoms with Crippen molar-refractivity contribution >= 4 is 17.4 Å². The van der Waals surface area contributed by atoms with Crippen molar-refractivity contribution in [3.8, 4) is 0 Å². The summed E-state index contributed by atoms with van der Waals surface area (Å²) in [4.78, 5) is 14.4. The standard InChI is InChI=1S/C11H16N4O2S/c1-11(2,3)17-10(16)14-9(6-13-15-12)8-4-5-18-7-8/h4-5,7,9H,6H2,1-3H3,(H,14,16). The van der Waals surface area contributed by atoms with Crippen LogP contribution < -0.4 is 5.32 Å². The Morgan fingerprint density at radius 1 is 1.67 bits per heavy atom. The maximum absolute atomic E-state index is 11.7. The lowest BCUT2D eigenvalue weighted by atomic mass is 10.1. The SMILES string of the molecule is CC(C)(C)OC(=O)NC(CN=[N+]=[N-])c1ccsc1. The second-order valence-corrected chi connectivity index (χ2v) is 5.45. The average Bonchev–Trinajstić information content (AvgIpc) is 2.74. The zero-order valence-corrected chi connectivity index (χ0v) is 11.4. The summed E-state index contributed by atoms with van der Waals surface area (Å²) in [6.45, 7) is 5.53. The van der Waals surface area contributed by atoms with Crippen molar-refractivity contribution in [1.29, 1.82) is 0 Å². The van der Waals surface area contributed by atoms with E-state index in [0.717, 1.165) is 5.56 Å². The van der Waals surface area contributed by atoms with Gasteiger partial charge in [0.25, 0.3) is 0 Å². The van der Waals surface area contributed by atoms with Gasteiger partial charge in [-0.05, 0) is 48.7 Å². The summed E-state index contributed by atoms with van der Waals surface area (Å²) in [5.41, 5.74) is 8.70. The highest BCUT2D eigenvalue weighted by Crippen LogP contribution is 2.18. The molecule has 1 aromatic heterocycles. The fourth-order valence-electron chi connectivity index (χ4n) is 1.28. The van der Waals surface area contributed by atoms with Gasteiger partial charge in [-0.2, -0.15) is 11.3 Å². The van der Waals surface area contributed by atoms with Gasteiger partial charge in [0.1, 0.15) is 5.60 Å². The van der Waals surface area contributed by atoms with Gasteiger partial charge in [-0.25, -0.2) is 4.79 Å². The van der Waals surface area contributed by atoms with Crippen LogP contribution in [-0.4, -0.2) is 18.2 Å². The molecule has 0 spiro atoms. The van der Waals surface area contributed by atoms with E-state index in [9.17, 15) is 4.79 Å². The van der Waals surface area contributed by atoms with Gasteiger partial charge in [-0.1, -0.05) is 5.11 Å². The average molecular weight is 268 g/mol. The molecule has 1 rings (SSSR count). The van der Waals surface area contributed by atoms with Gasteiger partial charge in [0.2, 0.25) is 0 Å². The molecule has 0 aromatic carbocycles. The number of thiophene rings is 1. The van der Waals surface area contributed by atoms with Crippen molar-refractivity contribution < 1.29 is 9.53 Å². The van der Waals surface area contributed by atoms with Gasteiger partial charge in [-0.15, -0.1) is 0 Å². The maximum atomic E-state index is 11.7. The van der Waals surface area contributed by atoms with E-state index in [4.69, 9.17) is 10.3 Å². The number of carbonyl (C=O) groups excluding carboxylic acids is 1. The highest BCUT2D eigenvalue weighted by atomic mass is 32.1. The van der Waals surface area contributed by atoms with E-state index < -0.39 is 11.7 Å². The minimum atomic E-state index is -0.554. The smallest absolute Gasteiger partial charge is 0.408 e. The molecule has 0 fully saturated rings. The second kappa shape index (κ2) is 6.28. The molecule has 98 valence electrons. The van der Waals surface area contributed by atoms with E-state index in [-0.39, 0.29) is 12.6 Å². The van der Waals surface area contributed by atoms with Crippen LogP contribution in [0.2, 0.25) is 0 Å². The van der Waals surface area contributed by atoms with Crippen LogP contribution in [0.4, 0.5) is 4.79 Å². The molecule has 0 radical (unpaired) electrons. The highest BCUT2D eigenvalue weighted by molar-refractivity contribution is 7.07.